The van der Waals surface area contributed by atoms with Crippen LogP contribution in [0.2, 0.25) is 5.02 Å². The summed E-state index contributed by atoms with van der Waals surface area (Å²) in [6, 6.07) is 9.23. The Morgan fingerprint density at radius 2 is 2.19 bits per heavy atom. The Balaban J connectivity index is 1.50. The van der Waals surface area contributed by atoms with Gasteiger partial charge < -0.3 is 15.4 Å². The molecule has 7 nitrogen and oxygen atoms in total. The summed E-state index contributed by atoms with van der Waals surface area (Å²) in [7, 11) is 1.57. The first-order chi connectivity index (χ1) is 12.6. The molecule has 2 heterocycles. The van der Waals surface area contributed by atoms with Gasteiger partial charge >= 0.3 is 0 Å². The number of pyridine rings is 1. The predicted molar refractivity (Wildman–Crippen MR) is 110 cm³/mol. The lowest BCUT2D eigenvalue weighted by Gasteiger charge is -2.10. The van der Waals surface area contributed by atoms with E-state index in [2.05, 4.69) is 43.3 Å². The van der Waals surface area contributed by atoms with Crippen LogP contribution in [0.15, 0.2) is 36.5 Å². The Morgan fingerprint density at radius 3 is 3.00 bits per heavy atom. The van der Waals surface area contributed by atoms with Crippen molar-refractivity contribution in [1.29, 1.82) is 0 Å². The van der Waals surface area contributed by atoms with Crippen molar-refractivity contribution in [2.75, 3.05) is 25.5 Å². The molecule has 2 aromatic heterocycles. The SMILES string of the molecule is COc1cc(NCCNC(=O)Cn2nc(I)c3cccnc32)ccc1Cl. The van der Waals surface area contributed by atoms with Crippen molar-refractivity contribution < 1.29 is 9.53 Å². The zero-order chi connectivity index (χ0) is 18.5. The number of fused-ring (bicyclic) bond motifs is 1. The Hall–Kier alpha value is -2.07. The number of benzene rings is 1. The largest absolute Gasteiger partial charge is 0.495 e. The van der Waals surface area contributed by atoms with Gasteiger partial charge in [0.15, 0.2) is 5.65 Å². The molecule has 136 valence electrons. The third-order valence-electron chi connectivity index (χ3n) is 3.68. The third kappa shape index (κ3) is 4.36. The Kier molecular flexibility index (Phi) is 6.15. The van der Waals surface area contributed by atoms with Crippen LogP contribution in [0, 0.1) is 3.70 Å². The molecule has 2 N–H and O–H groups in total. The molecule has 0 atom stereocenters. The van der Waals surface area contributed by atoms with E-state index in [0.29, 0.717) is 29.5 Å². The maximum absolute atomic E-state index is 12.2. The van der Waals surface area contributed by atoms with Gasteiger partial charge in [-0.1, -0.05) is 11.6 Å². The van der Waals surface area contributed by atoms with Crippen LogP contribution < -0.4 is 15.4 Å². The fraction of sp³-hybridized carbons (Fsp3) is 0.235. The first-order valence-electron chi connectivity index (χ1n) is 7.89. The number of carbonyl (C=O) groups is 1. The molecule has 3 rings (SSSR count). The molecular formula is C17H17ClIN5O2. The number of anilines is 1. The maximum atomic E-state index is 12.2. The van der Waals surface area contributed by atoms with Crippen molar-refractivity contribution in [3.63, 3.8) is 0 Å². The van der Waals surface area contributed by atoms with E-state index in [0.717, 1.165) is 14.8 Å². The molecule has 0 aliphatic rings. The highest BCUT2D eigenvalue weighted by molar-refractivity contribution is 14.1. The van der Waals surface area contributed by atoms with Gasteiger partial charge in [-0.25, -0.2) is 9.67 Å². The van der Waals surface area contributed by atoms with Gasteiger partial charge in [-0.05, 0) is 46.9 Å². The normalized spacial score (nSPS) is 10.7. The molecule has 0 unspecified atom stereocenters. The minimum Gasteiger partial charge on any atom is -0.495 e. The number of nitrogens with zero attached hydrogens (tertiary/aromatic N) is 3. The quantitative estimate of drug-likeness (QED) is 0.397. The highest BCUT2D eigenvalue weighted by Gasteiger charge is 2.11. The molecule has 0 spiro atoms. The van der Waals surface area contributed by atoms with Gasteiger partial charge in [-0.3, -0.25) is 4.79 Å². The number of rotatable bonds is 7. The van der Waals surface area contributed by atoms with Gasteiger partial charge in [-0.15, -0.1) is 0 Å². The third-order valence-corrected chi connectivity index (χ3v) is 4.79. The van der Waals surface area contributed by atoms with Crippen molar-refractivity contribution in [2.24, 2.45) is 0 Å². The number of hydrogen-bond acceptors (Lipinski definition) is 5. The topological polar surface area (TPSA) is 81.1 Å². The minimum atomic E-state index is -0.119. The fourth-order valence-corrected chi connectivity index (χ4v) is 3.33. The van der Waals surface area contributed by atoms with Crippen LogP contribution in [-0.4, -0.2) is 40.9 Å². The van der Waals surface area contributed by atoms with E-state index in [-0.39, 0.29) is 12.5 Å². The number of halogens is 2. The van der Waals surface area contributed by atoms with E-state index in [4.69, 9.17) is 16.3 Å². The lowest BCUT2D eigenvalue weighted by molar-refractivity contribution is -0.121. The minimum absolute atomic E-state index is 0.119. The number of carbonyl (C=O) groups excluding carboxylic acids is 1. The van der Waals surface area contributed by atoms with Crippen LogP contribution in [0.25, 0.3) is 11.0 Å². The molecule has 26 heavy (non-hydrogen) atoms. The molecule has 0 saturated carbocycles. The lowest BCUT2D eigenvalue weighted by atomic mass is 10.3. The van der Waals surface area contributed by atoms with E-state index in [1.165, 1.54) is 0 Å². The van der Waals surface area contributed by atoms with Crippen LogP contribution in [0.5, 0.6) is 5.75 Å². The lowest BCUT2D eigenvalue weighted by Crippen LogP contribution is -2.32. The number of nitrogens with one attached hydrogen (secondary N) is 2. The average Bonchev–Trinajstić information content (AvgIpc) is 2.96. The molecule has 1 amide bonds. The fourth-order valence-electron chi connectivity index (χ4n) is 2.45. The summed E-state index contributed by atoms with van der Waals surface area (Å²) in [4.78, 5) is 16.4. The summed E-state index contributed by atoms with van der Waals surface area (Å²) in [5.41, 5.74) is 1.58. The van der Waals surface area contributed by atoms with Crippen molar-refractivity contribution in [1.82, 2.24) is 20.1 Å². The van der Waals surface area contributed by atoms with E-state index >= 15 is 0 Å². The van der Waals surface area contributed by atoms with Gasteiger partial charge in [0, 0.05) is 31.0 Å². The Bertz CT molecular complexity index is 931. The monoisotopic (exact) mass is 485 g/mol. The number of aromatic nitrogens is 3. The smallest absolute Gasteiger partial charge is 0.241 e. The second-order valence-electron chi connectivity index (χ2n) is 5.45. The van der Waals surface area contributed by atoms with Crippen LogP contribution in [0.4, 0.5) is 5.69 Å². The van der Waals surface area contributed by atoms with E-state index in [1.807, 2.05) is 24.3 Å². The van der Waals surface area contributed by atoms with Crippen molar-refractivity contribution in [2.45, 2.75) is 6.54 Å². The van der Waals surface area contributed by atoms with E-state index < -0.39 is 0 Å². The van der Waals surface area contributed by atoms with Crippen LogP contribution in [-0.2, 0) is 11.3 Å². The second-order valence-corrected chi connectivity index (χ2v) is 6.88. The summed E-state index contributed by atoms with van der Waals surface area (Å²) < 4.78 is 7.62. The summed E-state index contributed by atoms with van der Waals surface area (Å²) in [5.74, 6) is 0.486. The van der Waals surface area contributed by atoms with Crippen molar-refractivity contribution in [3.8, 4) is 5.75 Å². The van der Waals surface area contributed by atoms with E-state index in [9.17, 15) is 4.79 Å². The number of ether oxygens (including phenoxy) is 1. The molecule has 0 aliphatic heterocycles. The molecule has 0 aliphatic carbocycles. The van der Waals surface area contributed by atoms with Crippen LogP contribution in [0.3, 0.4) is 0 Å². The zero-order valence-electron chi connectivity index (χ0n) is 14.0. The molecule has 0 radical (unpaired) electrons. The molecule has 0 fully saturated rings. The Morgan fingerprint density at radius 1 is 1.35 bits per heavy atom. The molecule has 3 aromatic rings. The van der Waals surface area contributed by atoms with Crippen molar-refractivity contribution in [3.05, 3.63) is 45.3 Å². The van der Waals surface area contributed by atoms with Gasteiger partial charge in [0.05, 0.1) is 17.5 Å². The highest BCUT2D eigenvalue weighted by atomic mass is 127. The van der Waals surface area contributed by atoms with Crippen LogP contribution >= 0.6 is 34.2 Å². The first-order valence-corrected chi connectivity index (χ1v) is 9.35. The van der Waals surface area contributed by atoms with Gasteiger partial charge in [0.25, 0.3) is 0 Å². The predicted octanol–water partition coefficient (Wildman–Crippen LogP) is 2.93. The average molecular weight is 486 g/mol. The molecule has 0 saturated heterocycles. The van der Waals surface area contributed by atoms with Gasteiger partial charge in [-0.2, -0.15) is 5.10 Å². The standard InChI is InChI=1S/C17H17ClIN5O2/c1-26-14-9-11(4-5-13(14)18)20-7-8-21-15(25)10-24-17-12(16(19)23-24)3-2-6-22-17/h2-6,9,20H,7-8,10H2,1H3,(H,21,25). The second kappa shape index (κ2) is 8.54. The molecule has 9 heteroatoms. The first kappa shape index (κ1) is 18.7. The molecule has 0 bridgehead atoms. The zero-order valence-corrected chi connectivity index (χ0v) is 16.9. The van der Waals surface area contributed by atoms with Gasteiger partial charge in [0.2, 0.25) is 5.91 Å². The summed E-state index contributed by atoms with van der Waals surface area (Å²) in [5, 5.41) is 11.9. The Labute approximate surface area is 169 Å². The van der Waals surface area contributed by atoms with E-state index in [1.54, 1.807) is 24.1 Å². The number of hydrogen-bond donors (Lipinski definition) is 2. The molecular weight excluding hydrogens is 469 g/mol. The number of amides is 1. The van der Waals surface area contributed by atoms with Gasteiger partial charge in [0.1, 0.15) is 16.0 Å². The molecule has 1 aromatic carbocycles. The summed E-state index contributed by atoms with van der Waals surface area (Å²) in [6.45, 7) is 1.19. The highest BCUT2D eigenvalue weighted by Crippen LogP contribution is 2.27. The number of methoxy groups -OCH3 is 1. The summed E-state index contributed by atoms with van der Waals surface area (Å²) >= 11 is 8.14. The van der Waals surface area contributed by atoms with Crippen LogP contribution in [0.1, 0.15) is 0 Å². The summed E-state index contributed by atoms with van der Waals surface area (Å²) in [6.07, 6.45) is 1.69. The van der Waals surface area contributed by atoms with Crippen molar-refractivity contribution >= 4 is 56.8 Å². The maximum Gasteiger partial charge on any atom is 0.241 e.